The summed E-state index contributed by atoms with van der Waals surface area (Å²) in [5.41, 5.74) is 15.1. The van der Waals surface area contributed by atoms with Crippen LogP contribution in [0, 0.1) is 0 Å². The summed E-state index contributed by atoms with van der Waals surface area (Å²) in [4.78, 5) is 2.37. The Hall–Kier alpha value is -8.40. The molecular weight excluding hydrogens is 777 g/mol. The molecule has 0 fully saturated rings. The van der Waals surface area contributed by atoms with Gasteiger partial charge in [-0.2, -0.15) is 0 Å². The quantitative estimate of drug-likeness (QED) is 0.135. The van der Waals surface area contributed by atoms with E-state index in [0.717, 1.165) is 61.3 Å². The molecule has 302 valence electrons. The zero-order valence-electron chi connectivity index (χ0n) is 35.1. The lowest BCUT2D eigenvalue weighted by molar-refractivity contribution is 0.669. The number of furan rings is 1. The molecule has 12 aromatic rings. The second-order valence-corrected chi connectivity index (χ2v) is 16.5. The summed E-state index contributed by atoms with van der Waals surface area (Å²) >= 11 is 0. The summed E-state index contributed by atoms with van der Waals surface area (Å²) in [5, 5.41) is 4.64. The first-order valence-corrected chi connectivity index (χ1v) is 21.9. The van der Waals surface area contributed by atoms with E-state index in [-0.39, 0.29) is 0 Å². The molecule has 2 heterocycles. The predicted molar refractivity (Wildman–Crippen MR) is 266 cm³/mol. The normalized spacial score (nSPS) is 11.8. The number of nitrogens with zero attached hydrogens (tertiary/aromatic N) is 2. The standard InChI is InChI=1S/C61H42N2O/c1-5-17-45(18-6-1)61(46-19-7-2-8-20-46,47-21-9-3-10-22-47)48-33-29-43(30-34-48)44-31-35-50(36-32-44)62(51-38-40-60-56(41-51)55-26-14-16-28-59(55)64-60)52-37-39-54-53-25-13-15-27-57(53)63(58(54)42-52)49-23-11-4-12-24-49/h1-42H. The number of hydrogen-bond donors (Lipinski definition) is 0. The molecule has 10 aromatic carbocycles. The van der Waals surface area contributed by atoms with E-state index in [2.05, 4.69) is 252 Å². The minimum Gasteiger partial charge on any atom is -0.456 e. The van der Waals surface area contributed by atoms with Crippen LogP contribution < -0.4 is 4.90 Å². The van der Waals surface area contributed by atoms with Crippen LogP contribution in [-0.2, 0) is 5.41 Å². The van der Waals surface area contributed by atoms with Crippen LogP contribution >= 0.6 is 0 Å². The fourth-order valence-electron chi connectivity index (χ4n) is 10.0. The van der Waals surface area contributed by atoms with Crippen LogP contribution in [0.4, 0.5) is 17.1 Å². The summed E-state index contributed by atoms with van der Waals surface area (Å²) in [6.07, 6.45) is 0. The molecule has 0 saturated heterocycles. The Morgan fingerprint density at radius 1 is 0.312 bits per heavy atom. The lowest BCUT2D eigenvalue weighted by Crippen LogP contribution is -2.30. The van der Waals surface area contributed by atoms with Crippen molar-refractivity contribution in [2.75, 3.05) is 4.90 Å². The highest BCUT2D eigenvalue weighted by Crippen LogP contribution is 2.46. The van der Waals surface area contributed by atoms with Crippen LogP contribution in [0.15, 0.2) is 259 Å². The van der Waals surface area contributed by atoms with Gasteiger partial charge in [-0.05, 0) is 100 Å². The van der Waals surface area contributed by atoms with E-state index >= 15 is 0 Å². The topological polar surface area (TPSA) is 21.3 Å². The molecule has 64 heavy (non-hydrogen) atoms. The molecule has 0 spiro atoms. The Balaban J connectivity index is 0.988. The molecule has 0 unspecified atom stereocenters. The van der Waals surface area contributed by atoms with E-state index in [1.807, 2.05) is 12.1 Å². The van der Waals surface area contributed by atoms with E-state index in [0.29, 0.717) is 0 Å². The van der Waals surface area contributed by atoms with Crippen molar-refractivity contribution in [1.82, 2.24) is 4.57 Å². The van der Waals surface area contributed by atoms with E-state index < -0.39 is 5.41 Å². The van der Waals surface area contributed by atoms with Crippen LogP contribution in [0.3, 0.4) is 0 Å². The molecule has 0 radical (unpaired) electrons. The molecule has 2 aromatic heterocycles. The lowest BCUT2D eigenvalue weighted by atomic mass is 9.65. The Bertz CT molecular complexity index is 3480. The first kappa shape index (κ1) is 37.4. The first-order valence-electron chi connectivity index (χ1n) is 21.9. The fraction of sp³-hybridized carbons (Fsp3) is 0.0164. The predicted octanol–water partition coefficient (Wildman–Crippen LogP) is 16.2. The molecule has 0 atom stereocenters. The lowest BCUT2D eigenvalue weighted by Gasteiger charge is -2.37. The Morgan fingerprint density at radius 2 is 0.766 bits per heavy atom. The molecule has 0 amide bonds. The second kappa shape index (κ2) is 15.5. The van der Waals surface area contributed by atoms with Gasteiger partial charge in [0.2, 0.25) is 0 Å². The minimum absolute atomic E-state index is 0.499. The highest BCUT2D eigenvalue weighted by atomic mass is 16.3. The van der Waals surface area contributed by atoms with Gasteiger partial charge in [0.05, 0.1) is 16.4 Å². The highest BCUT2D eigenvalue weighted by molar-refractivity contribution is 6.11. The summed E-state index contributed by atoms with van der Waals surface area (Å²) in [7, 11) is 0. The highest BCUT2D eigenvalue weighted by Gasteiger charge is 2.38. The maximum atomic E-state index is 6.30. The van der Waals surface area contributed by atoms with Gasteiger partial charge in [-0.3, -0.25) is 0 Å². The van der Waals surface area contributed by atoms with Crippen molar-refractivity contribution in [2.45, 2.75) is 5.41 Å². The van der Waals surface area contributed by atoms with Gasteiger partial charge in [-0.15, -0.1) is 0 Å². The van der Waals surface area contributed by atoms with Crippen molar-refractivity contribution in [2.24, 2.45) is 0 Å². The van der Waals surface area contributed by atoms with Crippen LogP contribution in [0.25, 0.3) is 60.6 Å². The largest absolute Gasteiger partial charge is 0.456 e. The molecule has 3 nitrogen and oxygen atoms in total. The van der Waals surface area contributed by atoms with Crippen LogP contribution in [-0.4, -0.2) is 4.57 Å². The van der Waals surface area contributed by atoms with Crippen molar-refractivity contribution >= 4 is 60.8 Å². The zero-order valence-corrected chi connectivity index (χ0v) is 35.1. The molecule has 3 heteroatoms. The van der Waals surface area contributed by atoms with Gasteiger partial charge in [-0.1, -0.05) is 188 Å². The molecule has 0 aliphatic heterocycles. The molecule has 12 rings (SSSR count). The number of fused-ring (bicyclic) bond motifs is 6. The number of anilines is 3. The van der Waals surface area contributed by atoms with Crippen molar-refractivity contribution < 1.29 is 4.42 Å². The number of aromatic nitrogens is 1. The Labute approximate surface area is 372 Å². The van der Waals surface area contributed by atoms with Crippen LogP contribution in [0.1, 0.15) is 22.3 Å². The summed E-state index contributed by atoms with van der Waals surface area (Å²) in [6.45, 7) is 0. The summed E-state index contributed by atoms with van der Waals surface area (Å²) < 4.78 is 8.68. The third-order valence-electron chi connectivity index (χ3n) is 12.9. The van der Waals surface area contributed by atoms with E-state index in [1.54, 1.807) is 0 Å². The molecule has 0 aliphatic carbocycles. The van der Waals surface area contributed by atoms with Crippen LogP contribution in [0.5, 0.6) is 0 Å². The van der Waals surface area contributed by atoms with Gasteiger partial charge < -0.3 is 13.9 Å². The minimum atomic E-state index is -0.499. The van der Waals surface area contributed by atoms with Crippen LogP contribution in [0.2, 0.25) is 0 Å². The maximum Gasteiger partial charge on any atom is 0.135 e. The average molecular weight is 819 g/mol. The number of para-hydroxylation sites is 3. The fourth-order valence-corrected chi connectivity index (χ4v) is 10.0. The van der Waals surface area contributed by atoms with Gasteiger partial charge >= 0.3 is 0 Å². The zero-order chi connectivity index (χ0) is 42.5. The van der Waals surface area contributed by atoms with Crippen molar-refractivity contribution in [3.05, 3.63) is 277 Å². The van der Waals surface area contributed by atoms with Crippen molar-refractivity contribution in [3.8, 4) is 16.8 Å². The second-order valence-electron chi connectivity index (χ2n) is 16.5. The third-order valence-corrected chi connectivity index (χ3v) is 12.9. The SMILES string of the molecule is c1ccc(-n2c3ccccc3c3ccc(N(c4ccc(-c5ccc(C(c6ccccc6)(c6ccccc6)c6ccccc6)cc5)cc4)c4ccc5oc6ccccc6c5c4)cc32)cc1. The van der Waals surface area contributed by atoms with Crippen molar-refractivity contribution in [1.29, 1.82) is 0 Å². The summed E-state index contributed by atoms with van der Waals surface area (Å²) in [5.74, 6) is 0. The van der Waals surface area contributed by atoms with Gasteiger partial charge in [0.25, 0.3) is 0 Å². The molecule has 0 bridgehead atoms. The van der Waals surface area contributed by atoms with E-state index in [4.69, 9.17) is 4.42 Å². The molecular formula is C61H42N2O. The third kappa shape index (κ3) is 6.13. The molecule has 0 aliphatic rings. The van der Waals surface area contributed by atoms with Gasteiger partial charge in [0, 0.05) is 44.3 Å². The number of rotatable bonds is 9. The summed E-state index contributed by atoms with van der Waals surface area (Å²) in [6, 6.07) is 91.9. The molecule has 0 N–H and O–H groups in total. The monoisotopic (exact) mass is 818 g/mol. The van der Waals surface area contributed by atoms with Gasteiger partial charge in [-0.25, -0.2) is 0 Å². The van der Waals surface area contributed by atoms with Crippen molar-refractivity contribution in [3.63, 3.8) is 0 Å². The Morgan fingerprint density at radius 3 is 1.41 bits per heavy atom. The Kier molecular flexibility index (Phi) is 9.05. The number of benzene rings is 10. The number of hydrogen-bond acceptors (Lipinski definition) is 2. The van der Waals surface area contributed by atoms with E-state index in [1.165, 1.54) is 38.5 Å². The van der Waals surface area contributed by atoms with Gasteiger partial charge in [0.15, 0.2) is 0 Å². The smallest absolute Gasteiger partial charge is 0.135 e. The van der Waals surface area contributed by atoms with Gasteiger partial charge in [0.1, 0.15) is 11.2 Å². The van der Waals surface area contributed by atoms with E-state index in [9.17, 15) is 0 Å². The average Bonchev–Trinajstić information content (AvgIpc) is 3.91. The maximum absolute atomic E-state index is 6.30. The first-order chi connectivity index (χ1) is 31.7. The molecule has 0 saturated carbocycles.